The Morgan fingerprint density at radius 3 is 2.43 bits per heavy atom. The van der Waals surface area contributed by atoms with Crippen LogP contribution < -0.4 is 20.2 Å². The summed E-state index contributed by atoms with van der Waals surface area (Å²) in [5.74, 6) is 0.773. The van der Waals surface area contributed by atoms with Gasteiger partial charge in [0.15, 0.2) is 5.75 Å². The van der Waals surface area contributed by atoms with Gasteiger partial charge < -0.3 is 19.4 Å². The van der Waals surface area contributed by atoms with Gasteiger partial charge >= 0.3 is 0 Å². The second-order valence-electron chi connectivity index (χ2n) is 7.25. The molecular formula is C24H26N2O4. The van der Waals surface area contributed by atoms with Crippen molar-refractivity contribution in [3.05, 3.63) is 93.9 Å². The highest BCUT2D eigenvalue weighted by atomic mass is 16.5. The lowest BCUT2D eigenvalue weighted by Gasteiger charge is -2.13. The highest BCUT2D eigenvalue weighted by Crippen LogP contribution is 2.14. The Kier molecular flexibility index (Phi) is 6.91. The number of carbonyl (C=O) groups is 1. The van der Waals surface area contributed by atoms with Crippen LogP contribution in [0.25, 0.3) is 0 Å². The van der Waals surface area contributed by atoms with Crippen LogP contribution in [-0.4, -0.2) is 16.6 Å². The molecule has 1 heterocycles. The molecule has 0 saturated heterocycles. The van der Waals surface area contributed by atoms with E-state index in [-0.39, 0.29) is 29.7 Å². The van der Waals surface area contributed by atoms with E-state index in [0.717, 1.165) is 11.3 Å². The van der Waals surface area contributed by atoms with Crippen molar-refractivity contribution in [2.45, 2.75) is 33.1 Å². The maximum atomic E-state index is 12.4. The molecular weight excluding hydrogens is 380 g/mol. The standard InChI is InChI=1S/C24H26N2O4/c1-17(2)30-21-11-9-19(10-12-21)24(28)25-14-20-13-22(27)23(15-26(20)3)29-16-18-7-5-4-6-8-18/h4-13,15,17H,14,16H2,1-3H3,(H,25,28). The average molecular weight is 406 g/mol. The third-order valence-electron chi connectivity index (χ3n) is 4.46. The smallest absolute Gasteiger partial charge is 0.251 e. The van der Waals surface area contributed by atoms with Gasteiger partial charge in [0.2, 0.25) is 5.43 Å². The van der Waals surface area contributed by atoms with Crippen molar-refractivity contribution in [2.75, 3.05) is 0 Å². The molecule has 0 unspecified atom stereocenters. The second-order valence-corrected chi connectivity index (χ2v) is 7.25. The van der Waals surface area contributed by atoms with Crippen LogP contribution in [-0.2, 0) is 20.2 Å². The normalized spacial score (nSPS) is 10.7. The average Bonchev–Trinajstić information content (AvgIpc) is 2.73. The second kappa shape index (κ2) is 9.78. The Bertz CT molecular complexity index is 1040. The van der Waals surface area contributed by atoms with Gasteiger partial charge in [-0.1, -0.05) is 30.3 Å². The van der Waals surface area contributed by atoms with E-state index in [0.29, 0.717) is 17.9 Å². The van der Waals surface area contributed by atoms with E-state index in [1.807, 2.05) is 51.2 Å². The van der Waals surface area contributed by atoms with Gasteiger partial charge in [-0.15, -0.1) is 0 Å². The maximum Gasteiger partial charge on any atom is 0.251 e. The molecule has 6 heteroatoms. The lowest BCUT2D eigenvalue weighted by Crippen LogP contribution is -2.25. The van der Waals surface area contributed by atoms with Gasteiger partial charge in [-0.2, -0.15) is 0 Å². The summed E-state index contributed by atoms with van der Waals surface area (Å²) in [7, 11) is 1.81. The zero-order valence-electron chi connectivity index (χ0n) is 17.4. The molecule has 30 heavy (non-hydrogen) atoms. The summed E-state index contributed by atoms with van der Waals surface area (Å²) in [5.41, 5.74) is 1.98. The van der Waals surface area contributed by atoms with Crippen LogP contribution in [0.3, 0.4) is 0 Å². The maximum absolute atomic E-state index is 12.4. The van der Waals surface area contributed by atoms with Crippen molar-refractivity contribution in [2.24, 2.45) is 7.05 Å². The van der Waals surface area contributed by atoms with E-state index in [4.69, 9.17) is 9.47 Å². The molecule has 3 aromatic rings. The third kappa shape index (κ3) is 5.73. The topological polar surface area (TPSA) is 69.6 Å². The highest BCUT2D eigenvalue weighted by molar-refractivity contribution is 5.94. The van der Waals surface area contributed by atoms with Crippen LogP contribution in [0.4, 0.5) is 0 Å². The molecule has 0 saturated carbocycles. The number of rotatable bonds is 8. The van der Waals surface area contributed by atoms with Crippen LogP contribution in [0.15, 0.2) is 71.7 Å². The van der Waals surface area contributed by atoms with Gasteiger partial charge in [-0.25, -0.2) is 0 Å². The highest BCUT2D eigenvalue weighted by Gasteiger charge is 2.10. The largest absolute Gasteiger partial charge is 0.491 e. The summed E-state index contributed by atoms with van der Waals surface area (Å²) in [6, 6.07) is 18.1. The number of nitrogens with one attached hydrogen (secondary N) is 1. The van der Waals surface area contributed by atoms with Gasteiger partial charge in [0, 0.05) is 24.4 Å². The molecule has 156 valence electrons. The molecule has 0 atom stereocenters. The lowest BCUT2D eigenvalue weighted by atomic mass is 10.2. The van der Waals surface area contributed by atoms with E-state index in [9.17, 15) is 9.59 Å². The number of hydrogen-bond acceptors (Lipinski definition) is 4. The van der Waals surface area contributed by atoms with Crippen molar-refractivity contribution < 1.29 is 14.3 Å². The van der Waals surface area contributed by atoms with Crippen molar-refractivity contribution in [1.29, 1.82) is 0 Å². The number of aromatic nitrogens is 1. The molecule has 0 aliphatic carbocycles. The zero-order valence-corrected chi connectivity index (χ0v) is 17.4. The minimum Gasteiger partial charge on any atom is -0.491 e. The number of aryl methyl sites for hydroxylation is 1. The Hall–Kier alpha value is -3.54. The summed E-state index contributed by atoms with van der Waals surface area (Å²) >= 11 is 0. The molecule has 1 N–H and O–H groups in total. The van der Waals surface area contributed by atoms with E-state index < -0.39 is 0 Å². The van der Waals surface area contributed by atoms with Crippen molar-refractivity contribution >= 4 is 5.91 Å². The molecule has 0 radical (unpaired) electrons. The molecule has 6 nitrogen and oxygen atoms in total. The van der Waals surface area contributed by atoms with Crippen LogP contribution in [0.1, 0.15) is 35.5 Å². The summed E-state index contributed by atoms with van der Waals surface area (Å²) < 4.78 is 13.0. The summed E-state index contributed by atoms with van der Waals surface area (Å²) in [5, 5.41) is 2.84. The molecule has 0 aliphatic heterocycles. The van der Waals surface area contributed by atoms with Crippen molar-refractivity contribution in [3.8, 4) is 11.5 Å². The van der Waals surface area contributed by atoms with Crippen LogP contribution in [0, 0.1) is 0 Å². The minimum atomic E-state index is -0.219. The molecule has 1 aromatic heterocycles. The van der Waals surface area contributed by atoms with E-state index in [2.05, 4.69) is 5.32 Å². The summed E-state index contributed by atoms with van der Waals surface area (Å²) in [4.78, 5) is 24.8. The first-order chi connectivity index (χ1) is 14.4. The first-order valence-corrected chi connectivity index (χ1v) is 9.83. The first-order valence-electron chi connectivity index (χ1n) is 9.83. The van der Waals surface area contributed by atoms with Gasteiger partial charge in [0.25, 0.3) is 5.91 Å². The van der Waals surface area contributed by atoms with E-state index >= 15 is 0 Å². The molecule has 2 aromatic carbocycles. The van der Waals surface area contributed by atoms with Gasteiger partial charge in [0.1, 0.15) is 12.4 Å². The Balaban J connectivity index is 1.60. The van der Waals surface area contributed by atoms with Crippen LogP contribution in [0.2, 0.25) is 0 Å². The monoisotopic (exact) mass is 406 g/mol. The van der Waals surface area contributed by atoms with E-state index in [1.54, 1.807) is 35.0 Å². The molecule has 3 rings (SSSR count). The van der Waals surface area contributed by atoms with Gasteiger partial charge in [-0.05, 0) is 43.7 Å². The zero-order chi connectivity index (χ0) is 21.5. The van der Waals surface area contributed by atoms with Crippen LogP contribution in [0.5, 0.6) is 11.5 Å². The third-order valence-corrected chi connectivity index (χ3v) is 4.46. The predicted octanol–water partition coefficient (Wildman–Crippen LogP) is 3.68. The molecule has 1 amide bonds. The number of pyridine rings is 1. The number of benzene rings is 2. The van der Waals surface area contributed by atoms with Crippen molar-refractivity contribution in [1.82, 2.24) is 9.88 Å². The summed E-state index contributed by atoms with van der Waals surface area (Å²) in [6.07, 6.45) is 1.72. The van der Waals surface area contributed by atoms with Gasteiger partial charge in [-0.3, -0.25) is 9.59 Å². The fourth-order valence-corrected chi connectivity index (χ4v) is 2.90. The number of carbonyl (C=O) groups excluding carboxylic acids is 1. The number of hydrogen-bond donors (Lipinski definition) is 1. The number of nitrogens with zero attached hydrogens (tertiary/aromatic N) is 1. The Morgan fingerprint density at radius 1 is 1.07 bits per heavy atom. The van der Waals surface area contributed by atoms with E-state index in [1.165, 1.54) is 6.07 Å². The summed E-state index contributed by atoms with van der Waals surface area (Å²) in [6.45, 7) is 4.45. The SMILES string of the molecule is CC(C)Oc1ccc(C(=O)NCc2cc(=O)c(OCc3ccccc3)cn2C)cc1. The number of ether oxygens (including phenoxy) is 2. The molecule has 0 aliphatic rings. The fourth-order valence-electron chi connectivity index (χ4n) is 2.90. The molecule has 0 bridgehead atoms. The Labute approximate surface area is 176 Å². The lowest BCUT2D eigenvalue weighted by molar-refractivity contribution is 0.0950. The minimum absolute atomic E-state index is 0.0746. The quantitative estimate of drug-likeness (QED) is 0.620. The predicted molar refractivity (Wildman–Crippen MR) is 116 cm³/mol. The fraction of sp³-hybridized carbons (Fsp3) is 0.250. The van der Waals surface area contributed by atoms with Gasteiger partial charge in [0.05, 0.1) is 18.8 Å². The van der Waals surface area contributed by atoms with Crippen molar-refractivity contribution in [3.63, 3.8) is 0 Å². The van der Waals surface area contributed by atoms with Crippen LogP contribution >= 0.6 is 0 Å². The molecule has 0 fully saturated rings. The Morgan fingerprint density at radius 2 is 1.77 bits per heavy atom. The first kappa shape index (κ1) is 21.2. The molecule has 0 spiro atoms. The number of amides is 1.